The van der Waals surface area contributed by atoms with Gasteiger partial charge >= 0.3 is 6.09 Å². The molecule has 0 radical (unpaired) electrons. The lowest BCUT2D eigenvalue weighted by molar-refractivity contribution is -0.129. The van der Waals surface area contributed by atoms with E-state index < -0.39 is 35.6 Å². The molecule has 0 aromatic heterocycles. The second kappa shape index (κ2) is 7.85. The van der Waals surface area contributed by atoms with Crippen LogP contribution in [-0.4, -0.2) is 35.6 Å². The van der Waals surface area contributed by atoms with Crippen molar-refractivity contribution in [1.82, 2.24) is 10.6 Å². The second-order valence-corrected chi connectivity index (χ2v) is 6.14. The van der Waals surface area contributed by atoms with Gasteiger partial charge in [-0.05, 0) is 33.6 Å². The molecule has 21 heavy (non-hydrogen) atoms. The Kier molecular flexibility index (Phi) is 7.18. The minimum atomic E-state index is -0.828. The third kappa shape index (κ3) is 7.53. The number of hydrogen-bond donors (Lipinski definition) is 3. The van der Waals surface area contributed by atoms with Crippen molar-refractivity contribution in [3.8, 4) is 0 Å². The summed E-state index contributed by atoms with van der Waals surface area (Å²) in [7, 11) is 0. The molecule has 0 aliphatic rings. The van der Waals surface area contributed by atoms with Crippen molar-refractivity contribution in [2.45, 2.75) is 65.6 Å². The molecule has 0 aromatic rings. The lowest BCUT2D eigenvalue weighted by atomic mass is 9.98. The minimum absolute atomic E-state index is 0.0832. The van der Waals surface area contributed by atoms with Crippen LogP contribution in [0.2, 0.25) is 0 Å². The maximum atomic E-state index is 12.0. The van der Waals surface area contributed by atoms with Gasteiger partial charge in [0.2, 0.25) is 11.8 Å². The van der Waals surface area contributed by atoms with Crippen LogP contribution in [0.15, 0.2) is 0 Å². The van der Waals surface area contributed by atoms with Crippen LogP contribution in [0.5, 0.6) is 0 Å². The smallest absolute Gasteiger partial charge is 0.408 e. The van der Waals surface area contributed by atoms with Gasteiger partial charge in [-0.15, -0.1) is 0 Å². The van der Waals surface area contributed by atoms with Gasteiger partial charge < -0.3 is 21.1 Å². The fourth-order valence-corrected chi connectivity index (χ4v) is 1.56. The molecule has 0 aromatic carbocycles. The van der Waals surface area contributed by atoms with Crippen LogP contribution in [0.3, 0.4) is 0 Å². The van der Waals surface area contributed by atoms with E-state index in [0.717, 1.165) is 0 Å². The van der Waals surface area contributed by atoms with E-state index in [0.29, 0.717) is 6.42 Å². The molecule has 0 aliphatic heterocycles. The Hall–Kier alpha value is -1.79. The highest BCUT2D eigenvalue weighted by atomic mass is 16.6. The van der Waals surface area contributed by atoms with Crippen LogP contribution in [0.4, 0.5) is 4.79 Å². The van der Waals surface area contributed by atoms with Crippen molar-refractivity contribution < 1.29 is 19.1 Å². The molecule has 0 rings (SSSR count). The molecule has 7 nitrogen and oxygen atoms in total. The third-order valence-corrected chi connectivity index (χ3v) is 2.94. The summed E-state index contributed by atoms with van der Waals surface area (Å²) in [4.78, 5) is 34.9. The van der Waals surface area contributed by atoms with E-state index in [2.05, 4.69) is 10.6 Å². The van der Waals surface area contributed by atoms with E-state index in [1.165, 1.54) is 6.92 Å². The number of primary amides is 1. The maximum Gasteiger partial charge on any atom is 0.408 e. The van der Waals surface area contributed by atoms with E-state index in [1.807, 2.05) is 13.8 Å². The van der Waals surface area contributed by atoms with Crippen LogP contribution in [-0.2, 0) is 14.3 Å². The van der Waals surface area contributed by atoms with E-state index >= 15 is 0 Å². The molecule has 0 heterocycles. The van der Waals surface area contributed by atoms with Crippen LogP contribution in [0.1, 0.15) is 48.0 Å². The molecular weight excluding hydrogens is 274 g/mol. The Morgan fingerprint density at radius 2 is 1.67 bits per heavy atom. The summed E-state index contributed by atoms with van der Waals surface area (Å²) in [6, 6.07) is -1.59. The van der Waals surface area contributed by atoms with Crippen LogP contribution >= 0.6 is 0 Å². The number of nitrogens with one attached hydrogen (secondary N) is 2. The summed E-state index contributed by atoms with van der Waals surface area (Å²) < 4.78 is 5.06. The van der Waals surface area contributed by atoms with Gasteiger partial charge in [0, 0.05) is 0 Å². The molecule has 7 heteroatoms. The Balaban J connectivity index is 4.57. The number of alkyl carbamates (subject to hydrolysis) is 1. The summed E-state index contributed by atoms with van der Waals surface area (Å²) >= 11 is 0. The quantitative estimate of drug-likeness (QED) is 0.677. The zero-order valence-electron chi connectivity index (χ0n) is 13.6. The van der Waals surface area contributed by atoms with Gasteiger partial charge in [0.25, 0.3) is 0 Å². The van der Waals surface area contributed by atoms with Crippen molar-refractivity contribution in [3.05, 3.63) is 0 Å². The topological polar surface area (TPSA) is 111 Å². The largest absolute Gasteiger partial charge is 0.444 e. The number of carbonyl (C=O) groups is 3. The first-order valence-electron chi connectivity index (χ1n) is 7.07. The fourth-order valence-electron chi connectivity index (χ4n) is 1.56. The molecule has 122 valence electrons. The van der Waals surface area contributed by atoms with Gasteiger partial charge in [0.15, 0.2) is 0 Å². The highest BCUT2D eigenvalue weighted by molar-refractivity contribution is 5.90. The molecule has 0 fully saturated rings. The summed E-state index contributed by atoms with van der Waals surface area (Å²) in [5, 5.41) is 4.96. The summed E-state index contributed by atoms with van der Waals surface area (Å²) in [5.41, 5.74) is 4.63. The molecule has 3 amide bonds. The van der Waals surface area contributed by atoms with E-state index in [1.54, 1.807) is 20.8 Å². The SMILES string of the molecule is CC[C@@H](C)[C@@H](NC(=O)[C@@H](C)NC(=O)OC(C)(C)C)C(N)=O. The number of carbonyl (C=O) groups excluding carboxylic acids is 3. The Labute approximate surface area is 126 Å². The average molecular weight is 301 g/mol. The molecule has 4 N–H and O–H groups in total. The predicted octanol–water partition coefficient (Wildman–Crippen LogP) is 0.916. The van der Waals surface area contributed by atoms with Gasteiger partial charge in [-0.25, -0.2) is 4.79 Å². The Bertz CT molecular complexity index is 390. The average Bonchev–Trinajstić information content (AvgIpc) is 2.31. The first kappa shape index (κ1) is 19.2. The third-order valence-electron chi connectivity index (χ3n) is 2.94. The predicted molar refractivity (Wildman–Crippen MR) is 79.4 cm³/mol. The van der Waals surface area contributed by atoms with Gasteiger partial charge in [-0.2, -0.15) is 0 Å². The summed E-state index contributed by atoms with van der Waals surface area (Å²) in [6.07, 6.45) is 0.00574. The van der Waals surface area contributed by atoms with Crippen molar-refractivity contribution in [2.24, 2.45) is 11.7 Å². The lowest BCUT2D eigenvalue weighted by Gasteiger charge is -2.24. The van der Waals surface area contributed by atoms with Crippen molar-refractivity contribution in [3.63, 3.8) is 0 Å². The van der Waals surface area contributed by atoms with Crippen LogP contribution < -0.4 is 16.4 Å². The van der Waals surface area contributed by atoms with Gasteiger partial charge in [0.1, 0.15) is 17.7 Å². The lowest BCUT2D eigenvalue weighted by Crippen LogP contribution is -2.54. The highest BCUT2D eigenvalue weighted by Gasteiger charge is 2.27. The maximum absolute atomic E-state index is 12.0. The van der Waals surface area contributed by atoms with Crippen molar-refractivity contribution in [2.75, 3.05) is 0 Å². The first-order chi connectivity index (χ1) is 9.47. The summed E-state index contributed by atoms with van der Waals surface area (Å²) in [5.74, 6) is -1.16. The first-order valence-corrected chi connectivity index (χ1v) is 7.07. The number of nitrogens with two attached hydrogens (primary N) is 1. The molecular formula is C14H27N3O4. The molecule has 0 saturated carbocycles. The molecule has 0 bridgehead atoms. The number of hydrogen-bond acceptors (Lipinski definition) is 4. The Morgan fingerprint density at radius 3 is 2.05 bits per heavy atom. The van der Waals surface area contributed by atoms with E-state index in [4.69, 9.17) is 10.5 Å². The van der Waals surface area contributed by atoms with Crippen LogP contribution in [0, 0.1) is 5.92 Å². The molecule has 0 unspecified atom stereocenters. The van der Waals surface area contributed by atoms with E-state index in [9.17, 15) is 14.4 Å². The molecule has 3 atom stereocenters. The number of ether oxygens (including phenoxy) is 1. The van der Waals surface area contributed by atoms with Gasteiger partial charge in [0.05, 0.1) is 0 Å². The van der Waals surface area contributed by atoms with Crippen LogP contribution in [0.25, 0.3) is 0 Å². The number of amides is 3. The minimum Gasteiger partial charge on any atom is -0.444 e. The van der Waals surface area contributed by atoms with Gasteiger partial charge in [-0.3, -0.25) is 9.59 Å². The summed E-state index contributed by atoms with van der Waals surface area (Å²) in [6.45, 7) is 10.4. The normalized spacial score (nSPS) is 15.5. The molecule has 0 aliphatic carbocycles. The molecule has 0 spiro atoms. The fraction of sp³-hybridized carbons (Fsp3) is 0.786. The number of rotatable bonds is 6. The van der Waals surface area contributed by atoms with E-state index in [-0.39, 0.29) is 5.92 Å². The zero-order chi connectivity index (χ0) is 16.8. The Morgan fingerprint density at radius 1 is 1.14 bits per heavy atom. The standard InChI is InChI=1S/C14H27N3O4/c1-7-8(2)10(11(15)18)17-12(19)9(3)16-13(20)21-14(4,5)6/h8-10H,7H2,1-6H3,(H2,15,18)(H,16,20)(H,17,19)/t8-,9-,10-/m1/s1. The zero-order valence-corrected chi connectivity index (χ0v) is 13.6. The second-order valence-electron chi connectivity index (χ2n) is 6.14. The molecule has 0 saturated heterocycles. The van der Waals surface area contributed by atoms with Crippen molar-refractivity contribution >= 4 is 17.9 Å². The van der Waals surface area contributed by atoms with Crippen molar-refractivity contribution in [1.29, 1.82) is 0 Å². The highest BCUT2D eigenvalue weighted by Crippen LogP contribution is 2.08. The van der Waals surface area contributed by atoms with Gasteiger partial charge in [-0.1, -0.05) is 20.3 Å². The monoisotopic (exact) mass is 301 g/mol.